The molecule has 14 nitrogen and oxygen atoms in total. The fourth-order valence-corrected chi connectivity index (χ4v) is 5.11. The number of rotatable bonds is 10. The summed E-state index contributed by atoms with van der Waals surface area (Å²) in [5.74, 6) is 0. The van der Waals surface area contributed by atoms with Crippen LogP contribution in [0, 0.1) is 20.2 Å². The Morgan fingerprint density at radius 3 is 1.98 bits per heavy atom. The Labute approximate surface area is 233 Å². The third-order valence-corrected chi connectivity index (χ3v) is 7.11. The lowest BCUT2D eigenvalue weighted by atomic mass is 10.1. The van der Waals surface area contributed by atoms with Crippen molar-refractivity contribution in [1.82, 2.24) is 9.80 Å². The Morgan fingerprint density at radius 1 is 1.00 bits per heavy atom. The second-order valence-electron chi connectivity index (χ2n) is 9.09. The Morgan fingerprint density at radius 2 is 1.50 bits per heavy atom. The average Bonchev–Trinajstić information content (AvgIpc) is 3.34. The minimum atomic E-state index is -1.19. The molecule has 1 saturated heterocycles. The van der Waals surface area contributed by atoms with Gasteiger partial charge in [0, 0.05) is 50.0 Å². The molecule has 3 rings (SSSR count). The molecule has 1 N–H and O–H groups in total. The SMILES string of the molecule is CC(=O)S[C@H]1C[C@@H](C(O)CN(C)C(=O)OCc2ccc([N+](=O)[O-])cc2)N(C(=O)OCc2ccc([N+](=O)[O-])cc2)C1. The Hall–Kier alpha value is -4.24. The first-order valence-electron chi connectivity index (χ1n) is 12.1. The smallest absolute Gasteiger partial charge is 0.410 e. The third kappa shape index (κ3) is 8.38. The van der Waals surface area contributed by atoms with E-state index in [1.165, 1.54) is 67.4 Å². The molecule has 0 bridgehead atoms. The zero-order valence-corrected chi connectivity index (χ0v) is 22.5. The second-order valence-corrected chi connectivity index (χ2v) is 10.6. The van der Waals surface area contributed by atoms with Gasteiger partial charge in [-0.25, -0.2) is 9.59 Å². The fourth-order valence-electron chi connectivity index (χ4n) is 4.11. The van der Waals surface area contributed by atoms with Crippen molar-refractivity contribution >= 4 is 40.4 Å². The largest absolute Gasteiger partial charge is 0.445 e. The molecule has 0 radical (unpaired) electrons. The normalized spacial score (nSPS) is 17.1. The summed E-state index contributed by atoms with van der Waals surface area (Å²) in [6.07, 6.45) is -2.40. The number of likely N-dealkylation sites (tertiary alicyclic amines) is 1. The fraction of sp³-hybridized carbons (Fsp3) is 0.400. The molecule has 1 aliphatic rings. The number of nitrogens with zero attached hydrogens (tertiary/aromatic N) is 4. The first-order chi connectivity index (χ1) is 18.9. The number of non-ortho nitro benzene ring substituents is 2. The first kappa shape index (κ1) is 30.3. The van der Waals surface area contributed by atoms with E-state index >= 15 is 0 Å². The standard InChI is InChI=1S/C25H28N4O10S/c1-16(30)40-21-11-22(27(12-21)25(33)39-15-18-5-9-20(10-6-18)29(36)37)23(31)13-26(2)24(32)38-14-17-3-7-19(8-4-17)28(34)35/h3-10,21-23,31H,11-15H2,1-2H3/t21-,22-,23?/m0/s1. The number of aliphatic hydroxyl groups is 1. The summed E-state index contributed by atoms with van der Waals surface area (Å²) in [6.45, 7) is 1.06. The third-order valence-electron chi connectivity index (χ3n) is 6.11. The van der Waals surface area contributed by atoms with Crippen molar-refractivity contribution in [3.05, 3.63) is 79.9 Å². The van der Waals surface area contributed by atoms with E-state index < -0.39 is 34.2 Å². The van der Waals surface area contributed by atoms with Gasteiger partial charge in [-0.05, 0) is 41.8 Å². The number of likely N-dealkylation sites (N-methyl/N-ethyl adjacent to an activating group) is 1. The van der Waals surface area contributed by atoms with Crippen molar-refractivity contribution in [3.8, 4) is 0 Å². The summed E-state index contributed by atoms with van der Waals surface area (Å²) in [4.78, 5) is 60.0. The van der Waals surface area contributed by atoms with Crippen molar-refractivity contribution in [2.24, 2.45) is 0 Å². The van der Waals surface area contributed by atoms with Crippen molar-refractivity contribution in [2.45, 2.75) is 44.0 Å². The van der Waals surface area contributed by atoms with Gasteiger partial charge in [0.05, 0.1) is 28.5 Å². The predicted molar refractivity (Wildman–Crippen MR) is 142 cm³/mol. The number of ether oxygens (including phenoxy) is 2. The molecule has 1 fully saturated rings. The Balaban J connectivity index is 1.58. The molecule has 15 heteroatoms. The molecular weight excluding hydrogens is 548 g/mol. The number of aliphatic hydroxyl groups excluding tert-OH is 1. The van der Waals surface area contributed by atoms with Gasteiger partial charge in [-0.1, -0.05) is 11.8 Å². The molecule has 0 aliphatic carbocycles. The number of benzene rings is 2. The van der Waals surface area contributed by atoms with Gasteiger partial charge >= 0.3 is 12.2 Å². The molecule has 0 saturated carbocycles. The molecule has 1 heterocycles. The molecule has 40 heavy (non-hydrogen) atoms. The van der Waals surface area contributed by atoms with Gasteiger partial charge in [-0.15, -0.1) is 0 Å². The molecule has 0 aromatic heterocycles. The van der Waals surface area contributed by atoms with Crippen molar-refractivity contribution < 1.29 is 38.8 Å². The van der Waals surface area contributed by atoms with Crippen LogP contribution >= 0.6 is 11.8 Å². The van der Waals surface area contributed by atoms with Crippen molar-refractivity contribution in [1.29, 1.82) is 0 Å². The number of thioether (sulfide) groups is 1. The van der Waals surface area contributed by atoms with E-state index in [1.54, 1.807) is 0 Å². The van der Waals surface area contributed by atoms with E-state index in [1.807, 2.05) is 0 Å². The van der Waals surface area contributed by atoms with Crippen LogP contribution in [0.25, 0.3) is 0 Å². The van der Waals surface area contributed by atoms with Crippen molar-refractivity contribution in [2.75, 3.05) is 20.1 Å². The molecule has 1 unspecified atom stereocenters. The molecule has 2 amide bonds. The van der Waals surface area contributed by atoms with E-state index in [-0.39, 0.29) is 54.5 Å². The predicted octanol–water partition coefficient (Wildman–Crippen LogP) is 3.49. The highest BCUT2D eigenvalue weighted by atomic mass is 32.2. The van der Waals surface area contributed by atoms with Gasteiger partial charge in [0.1, 0.15) is 13.2 Å². The summed E-state index contributed by atoms with van der Waals surface area (Å²) in [6, 6.07) is 10.3. The van der Waals surface area contributed by atoms with Crippen LogP contribution in [-0.2, 0) is 27.5 Å². The van der Waals surface area contributed by atoms with E-state index in [0.29, 0.717) is 11.1 Å². The highest BCUT2D eigenvalue weighted by molar-refractivity contribution is 8.14. The highest BCUT2D eigenvalue weighted by Crippen LogP contribution is 2.31. The van der Waals surface area contributed by atoms with E-state index in [9.17, 15) is 39.7 Å². The molecule has 3 atom stereocenters. The van der Waals surface area contributed by atoms with Crippen LogP contribution in [0.3, 0.4) is 0 Å². The van der Waals surface area contributed by atoms with E-state index in [4.69, 9.17) is 9.47 Å². The number of hydrogen-bond donors (Lipinski definition) is 1. The topological polar surface area (TPSA) is 183 Å². The van der Waals surface area contributed by atoms with Crippen LogP contribution in [0.2, 0.25) is 0 Å². The molecule has 214 valence electrons. The van der Waals surface area contributed by atoms with Gasteiger partial charge in [0.2, 0.25) is 0 Å². The number of carbonyl (C=O) groups is 3. The van der Waals surface area contributed by atoms with E-state index in [2.05, 4.69) is 0 Å². The highest BCUT2D eigenvalue weighted by Gasteiger charge is 2.41. The maximum absolute atomic E-state index is 12.9. The number of carbonyl (C=O) groups excluding carboxylic acids is 3. The van der Waals surface area contributed by atoms with Crippen LogP contribution in [0.1, 0.15) is 24.5 Å². The summed E-state index contributed by atoms with van der Waals surface area (Å²) < 4.78 is 10.6. The maximum atomic E-state index is 12.9. The number of nitro groups is 2. The lowest BCUT2D eigenvalue weighted by molar-refractivity contribution is -0.385. The van der Waals surface area contributed by atoms with Crippen LogP contribution < -0.4 is 0 Å². The number of amides is 2. The molecule has 0 spiro atoms. The lowest BCUT2D eigenvalue weighted by Crippen LogP contribution is -2.48. The maximum Gasteiger partial charge on any atom is 0.410 e. The van der Waals surface area contributed by atoms with Gasteiger partial charge in [-0.2, -0.15) is 0 Å². The summed E-state index contributed by atoms with van der Waals surface area (Å²) >= 11 is 1.05. The summed E-state index contributed by atoms with van der Waals surface area (Å²) in [5.41, 5.74) is 0.872. The Bertz CT molecular complexity index is 1240. The van der Waals surface area contributed by atoms with Crippen LogP contribution in [0.4, 0.5) is 21.0 Å². The average molecular weight is 577 g/mol. The molecule has 2 aromatic carbocycles. The Kier molecular flexibility index (Phi) is 10.4. The van der Waals surface area contributed by atoms with Crippen LogP contribution in [-0.4, -0.2) is 79.6 Å². The monoisotopic (exact) mass is 576 g/mol. The zero-order chi connectivity index (χ0) is 29.4. The number of nitro benzene ring substituents is 2. The summed E-state index contributed by atoms with van der Waals surface area (Å²) in [5, 5.41) is 32.1. The molecular formula is C25H28N4O10S. The molecule has 1 aliphatic heterocycles. The van der Waals surface area contributed by atoms with E-state index in [0.717, 1.165) is 16.7 Å². The van der Waals surface area contributed by atoms with Crippen LogP contribution in [0.15, 0.2) is 48.5 Å². The van der Waals surface area contributed by atoms with Gasteiger partial charge in [0.15, 0.2) is 5.12 Å². The quantitative estimate of drug-likeness (QED) is 0.323. The van der Waals surface area contributed by atoms with Gasteiger partial charge in [-0.3, -0.25) is 25.0 Å². The lowest BCUT2D eigenvalue weighted by Gasteiger charge is -2.30. The summed E-state index contributed by atoms with van der Waals surface area (Å²) in [7, 11) is 1.41. The first-order valence-corrected chi connectivity index (χ1v) is 13.0. The minimum absolute atomic E-state index is 0.0936. The zero-order valence-electron chi connectivity index (χ0n) is 21.7. The number of hydrogen-bond acceptors (Lipinski definition) is 11. The van der Waals surface area contributed by atoms with Crippen molar-refractivity contribution in [3.63, 3.8) is 0 Å². The van der Waals surface area contributed by atoms with Crippen LogP contribution in [0.5, 0.6) is 0 Å². The molecule has 2 aromatic rings. The van der Waals surface area contributed by atoms with Gasteiger partial charge in [0.25, 0.3) is 11.4 Å². The minimum Gasteiger partial charge on any atom is -0.445 e. The second kappa shape index (κ2) is 13.7. The van der Waals surface area contributed by atoms with Gasteiger partial charge < -0.3 is 24.4 Å².